The molecule has 0 bridgehead atoms. The molecule has 3 aromatic rings. The summed E-state index contributed by atoms with van der Waals surface area (Å²) in [5.41, 5.74) is 3.72. The maximum atomic E-state index is 4.48. The third-order valence-electron chi connectivity index (χ3n) is 3.39. The van der Waals surface area contributed by atoms with Crippen molar-refractivity contribution in [2.45, 2.75) is 19.9 Å². The molecule has 0 spiro atoms. The van der Waals surface area contributed by atoms with Crippen LogP contribution in [0.3, 0.4) is 0 Å². The quantitative estimate of drug-likeness (QED) is 0.702. The van der Waals surface area contributed by atoms with Crippen LogP contribution < -0.4 is 0 Å². The number of rotatable bonds is 3. The first-order valence-corrected chi connectivity index (χ1v) is 7.18. The molecule has 96 valence electrons. The highest BCUT2D eigenvalue weighted by atomic mass is 79.9. The lowest BCUT2D eigenvalue weighted by Crippen LogP contribution is -2.00. The Kier molecular flexibility index (Phi) is 3.38. The van der Waals surface area contributed by atoms with Crippen LogP contribution in [0.2, 0.25) is 0 Å². The summed E-state index contributed by atoms with van der Waals surface area (Å²) >= 11 is 3.46. The fourth-order valence-corrected chi connectivity index (χ4v) is 2.63. The lowest BCUT2D eigenvalue weighted by Gasteiger charge is -2.05. The van der Waals surface area contributed by atoms with E-state index < -0.39 is 0 Å². The predicted octanol–water partition coefficient (Wildman–Crippen LogP) is 4.35. The largest absolute Gasteiger partial charge is 0.332 e. The highest BCUT2D eigenvalue weighted by Gasteiger charge is 2.05. The highest BCUT2D eigenvalue weighted by molar-refractivity contribution is 9.10. The summed E-state index contributed by atoms with van der Waals surface area (Å²) in [6, 6.07) is 12.6. The summed E-state index contributed by atoms with van der Waals surface area (Å²) in [6.45, 7) is 3.10. The van der Waals surface area contributed by atoms with Crippen molar-refractivity contribution in [3.8, 4) is 0 Å². The highest BCUT2D eigenvalue weighted by Crippen LogP contribution is 2.19. The Labute approximate surface area is 121 Å². The number of nitrogens with zero attached hydrogens (tertiary/aromatic N) is 2. The van der Waals surface area contributed by atoms with Gasteiger partial charge in [0.1, 0.15) is 5.65 Å². The molecule has 0 aliphatic rings. The number of pyridine rings is 1. The third-order valence-corrected chi connectivity index (χ3v) is 3.92. The standard InChI is InChI=1S/C16H15BrN2/c1-12-11-19(16-15(12)3-2-9-18-16)10-8-13-4-6-14(17)7-5-13/h2-7,9,11H,8,10H2,1H3. The van der Waals surface area contributed by atoms with Crippen LogP contribution in [-0.4, -0.2) is 9.55 Å². The average Bonchev–Trinajstić information content (AvgIpc) is 2.76. The van der Waals surface area contributed by atoms with E-state index in [9.17, 15) is 0 Å². The normalized spacial score (nSPS) is 11.1. The van der Waals surface area contributed by atoms with E-state index in [2.05, 4.69) is 68.9 Å². The number of benzene rings is 1. The lowest BCUT2D eigenvalue weighted by atomic mass is 10.1. The Hall–Kier alpha value is -1.61. The van der Waals surface area contributed by atoms with Gasteiger partial charge in [0.15, 0.2) is 0 Å². The minimum absolute atomic E-state index is 0.961. The summed E-state index contributed by atoms with van der Waals surface area (Å²) in [5.74, 6) is 0. The number of halogens is 1. The summed E-state index contributed by atoms with van der Waals surface area (Å²) in [7, 11) is 0. The van der Waals surface area contributed by atoms with Gasteiger partial charge in [0, 0.05) is 28.8 Å². The van der Waals surface area contributed by atoms with Crippen molar-refractivity contribution < 1.29 is 0 Å². The zero-order valence-electron chi connectivity index (χ0n) is 10.8. The van der Waals surface area contributed by atoms with Gasteiger partial charge in [-0.2, -0.15) is 0 Å². The molecule has 3 heteroatoms. The average molecular weight is 315 g/mol. The van der Waals surface area contributed by atoms with Crippen LogP contribution in [0.5, 0.6) is 0 Å². The Bertz CT molecular complexity index is 698. The summed E-state index contributed by atoms with van der Waals surface area (Å²) < 4.78 is 3.37. The number of aryl methyl sites for hydroxylation is 3. The first kappa shape index (κ1) is 12.4. The van der Waals surface area contributed by atoms with E-state index in [1.807, 2.05) is 12.3 Å². The minimum Gasteiger partial charge on any atom is -0.332 e. The summed E-state index contributed by atoms with van der Waals surface area (Å²) in [6.07, 6.45) is 5.07. The summed E-state index contributed by atoms with van der Waals surface area (Å²) in [4.78, 5) is 4.48. The molecule has 0 unspecified atom stereocenters. The van der Waals surface area contributed by atoms with Crippen molar-refractivity contribution in [1.82, 2.24) is 9.55 Å². The van der Waals surface area contributed by atoms with Crippen molar-refractivity contribution in [2.24, 2.45) is 0 Å². The lowest BCUT2D eigenvalue weighted by molar-refractivity contribution is 0.715. The second-order valence-corrected chi connectivity index (χ2v) is 5.67. The van der Waals surface area contributed by atoms with Gasteiger partial charge in [-0.05, 0) is 48.7 Å². The molecule has 0 aliphatic heterocycles. The Morgan fingerprint density at radius 2 is 1.95 bits per heavy atom. The van der Waals surface area contributed by atoms with Crippen molar-refractivity contribution in [1.29, 1.82) is 0 Å². The van der Waals surface area contributed by atoms with Gasteiger partial charge in [0.05, 0.1) is 0 Å². The van der Waals surface area contributed by atoms with Gasteiger partial charge in [-0.3, -0.25) is 0 Å². The number of fused-ring (bicyclic) bond motifs is 1. The monoisotopic (exact) mass is 314 g/mol. The van der Waals surface area contributed by atoms with E-state index in [1.165, 1.54) is 16.5 Å². The fourth-order valence-electron chi connectivity index (χ4n) is 2.37. The molecule has 1 aromatic carbocycles. The number of hydrogen-bond donors (Lipinski definition) is 0. The maximum Gasteiger partial charge on any atom is 0.140 e. The molecule has 19 heavy (non-hydrogen) atoms. The van der Waals surface area contributed by atoms with Gasteiger partial charge >= 0.3 is 0 Å². The zero-order valence-corrected chi connectivity index (χ0v) is 12.4. The van der Waals surface area contributed by atoms with Gasteiger partial charge in [-0.25, -0.2) is 4.98 Å². The van der Waals surface area contributed by atoms with Crippen LogP contribution in [0, 0.1) is 6.92 Å². The SMILES string of the molecule is Cc1cn(CCc2ccc(Br)cc2)c2ncccc12. The molecule has 2 nitrogen and oxygen atoms in total. The third kappa shape index (κ3) is 2.56. The van der Waals surface area contributed by atoms with Crippen LogP contribution in [-0.2, 0) is 13.0 Å². The smallest absolute Gasteiger partial charge is 0.140 e. The first-order chi connectivity index (χ1) is 9.24. The Morgan fingerprint density at radius 1 is 1.16 bits per heavy atom. The molecule has 0 N–H and O–H groups in total. The second-order valence-electron chi connectivity index (χ2n) is 4.76. The molecule has 0 atom stereocenters. The van der Waals surface area contributed by atoms with Gasteiger partial charge in [-0.15, -0.1) is 0 Å². The van der Waals surface area contributed by atoms with Crippen LogP contribution in [0.25, 0.3) is 11.0 Å². The molecule has 0 amide bonds. The van der Waals surface area contributed by atoms with E-state index in [-0.39, 0.29) is 0 Å². The Balaban J connectivity index is 1.84. The van der Waals surface area contributed by atoms with Crippen molar-refractivity contribution in [2.75, 3.05) is 0 Å². The van der Waals surface area contributed by atoms with Gasteiger partial charge < -0.3 is 4.57 Å². The van der Waals surface area contributed by atoms with Crippen LogP contribution in [0.1, 0.15) is 11.1 Å². The molecular weight excluding hydrogens is 300 g/mol. The molecule has 0 saturated heterocycles. The van der Waals surface area contributed by atoms with E-state index in [0.717, 1.165) is 23.1 Å². The van der Waals surface area contributed by atoms with Crippen LogP contribution in [0.15, 0.2) is 53.3 Å². The second kappa shape index (κ2) is 5.17. The number of hydrogen-bond acceptors (Lipinski definition) is 1. The summed E-state index contributed by atoms with van der Waals surface area (Å²) in [5, 5.41) is 1.25. The molecule has 0 fully saturated rings. The fraction of sp³-hybridized carbons (Fsp3) is 0.188. The van der Waals surface area contributed by atoms with Crippen molar-refractivity contribution in [3.05, 3.63) is 64.4 Å². The predicted molar refractivity (Wildman–Crippen MR) is 82.3 cm³/mol. The molecule has 0 radical (unpaired) electrons. The molecule has 2 aromatic heterocycles. The van der Waals surface area contributed by atoms with Crippen LogP contribution >= 0.6 is 15.9 Å². The van der Waals surface area contributed by atoms with Crippen molar-refractivity contribution in [3.63, 3.8) is 0 Å². The number of aromatic nitrogens is 2. The van der Waals surface area contributed by atoms with Crippen molar-refractivity contribution >= 4 is 27.0 Å². The van der Waals surface area contributed by atoms with Gasteiger partial charge in [0.25, 0.3) is 0 Å². The molecule has 2 heterocycles. The minimum atomic E-state index is 0.961. The Morgan fingerprint density at radius 3 is 2.74 bits per heavy atom. The molecule has 0 saturated carbocycles. The molecular formula is C16H15BrN2. The first-order valence-electron chi connectivity index (χ1n) is 6.39. The van der Waals surface area contributed by atoms with Gasteiger partial charge in [-0.1, -0.05) is 28.1 Å². The van der Waals surface area contributed by atoms with E-state index in [0.29, 0.717) is 0 Å². The molecule has 3 rings (SSSR count). The topological polar surface area (TPSA) is 17.8 Å². The van der Waals surface area contributed by atoms with E-state index in [4.69, 9.17) is 0 Å². The maximum absolute atomic E-state index is 4.48. The molecule has 0 aliphatic carbocycles. The zero-order chi connectivity index (χ0) is 13.2. The van der Waals surface area contributed by atoms with Crippen LogP contribution in [0.4, 0.5) is 0 Å². The van der Waals surface area contributed by atoms with Gasteiger partial charge in [0.2, 0.25) is 0 Å². The van der Waals surface area contributed by atoms with E-state index in [1.54, 1.807) is 0 Å². The van der Waals surface area contributed by atoms with E-state index >= 15 is 0 Å².